The van der Waals surface area contributed by atoms with Crippen LogP contribution in [-0.4, -0.2) is 37.1 Å². The highest BCUT2D eigenvalue weighted by atomic mass is 79.9. The summed E-state index contributed by atoms with van der Waals surface area (Å²) < 4.78 is 26.1. The van der Waals surface area contributed by atoms with Gasteiger partial charge in [0.25, 0.3) is 0 Å². The van der Waals surface area contributed by atoms with E-state index in [1.54, 1.807) is 0 Å². The summed E-state index contributed by atoms with van der Waals surface area (Å²) in [6.07, 6.45) is 2.81. The van der Waals surface area contributed by atoms with Gasteiger partial charge in [0.05, 0.1) is 11.5 Å². The van der Waals surface area contributed by atoms with Crippen molar-refractivity contribution in [3.63, 3.8) is 0 Å². The van der Waals surface area contributed by atoms with Gasteiger partial charge in [-0.3, -0.25) is 0 Å². The average molecular weight is 357 g/mol. The van der Waals surface area contributed by atoms with E-state index in [4.69, 9.17) is 0 Å². The Morgan fingerprint density at radius 1 is 1.35 bits per heavy atom. The van der Waals surface area contributed by atoms with E-state index in [1.165, 1.54) is 10.9 Å². The molecular weight excluding hydrogens is 340 g/mol. The second kappa shape index (κ2) is 5.50. The van der Waals surface area contributed by atoms with E-state index in [-0.39, 0.29) is 11.8 Å². The largest absolute Gasteiger partial charge is 0.346 e. The second-order valence-corrected chi connectivity index (χ2v) is 8.32. The Morgan fingerprint density at radius 3 is 2.95 bits per heavy atom. The molecule has 0 spiro atoms. The van der Waals surface area contributed by atoms with Gasteiger partial charge < -0.3 is 9.88 Å². The molecule has 2 aromatic rings. The molecule has 1 aliphatic heterocycles. The highest BCUT2D eigenvalue weighted by molar-refractivity contribution is 9.10. The standard InChI is InChI=1S/C14H17BrN2O2S/c15-13-2-1-3-14-12(13)4-7-17(14)8-6-16-11-5-9-20(18,19)10-11/h1-4,7,11,16H,5-6,8-10H2. The Bertz CT molecular complexity index is 724. The summed E-state index contributed by atoms with van der Waals surface area (Å²) in [6, 6.07) is 8.38. The van der Waals surface area contributed by atoms with Crippen LogP contribution in [0.2, 0.25) is 0 Å². The molecular formula is C14H17BrN2O2S. The van der Waals surface area contributed by atoms with Crippen LogP contribution in [0.1, 0.15) is 6.42 Å². The third-order valence-corrected chi connectivity index (χ3v) is 6.24. The lowest BCUT2D eigenvalue weighted by atomic mass is 10.2. The third-order valence-electron chi connectivity index (χ3n) is 3.78. The Hall–Kier alpha value is -0.850. The van der Waals surface area contributed by atoms with Crippen LogP contribution in [0.25, 0.3) is 10.9 Å². The zero-order chi connectivity index (χ0) is 14.2. The molecule has 0 radical (unpaired) electrons. The van der Waals surface area contributed by atoms with Gasteiger partial charge in [-0.1, -0.05) is 22.0 Å². The molecule has 0 saturated carbocycles. The molecule has 6 heteroatoms. The quantitative estimate of drug-likeness (QED) is 0.913. The number of hydrogen-bond acceptors (Lipinski definition) is 3. The number of sulfone groups is 1. The molecule has 1 N–H and O–H groups in total. The Kier molecular flexibility index (Phi) is 3.88. The molecule has 1 aromatic heterocycles. The maximum atomic E-state index is 11.4. The van der Waals surface area contributed by atoms with Crippen molar-refractivity contribution in [2.24, 2.45) is 0 Å². The minimum atomic E-state index is -2.80. The number of nitrogens with zero attached hydrogens (tertiary/aromatic N) is 1. The van der Waals surface area contributed by atoms with Crippen LogP contribution in [-0.2, 0) is 16.4 Å². The monoisotopic (exact) mass is 356 g/mol. The molecule has 3 rings (SSSR count). The molecule has 108 valence electrons. The molecule has 1 saturated heterocycles. The number of hydrogen-bond donors (Lipinski definition) is 1. The molecule has 1 atom stereocenters. The van der Waals surface area contributed by atoms with Gasteiger partial charge in [-0.2, -0.15) is 0 Å². The van der Waals surface area contributed by atoms with Gasteiger partial charge in [0.15, 0.2) is 9.84 Å². The topological polar surface area (TPSA) is 51.1 Å². The molecule has 1 aromatic carbocycles. The highest BCUT2D eigenvalue weighted by Gasteiger charge is 2.27. The van der Waals surface area contributed by atoms with E-state index >= 15 is 0 Å². The van der Waals surface area contributed by atoms with E-state index in [1.807, 2.05) is 12.1 Å². The van der Waals surface area contributed by atoms with Crippen molar-refractivity contribution >= 4 is 36.7 Å². The Morgan fingerprint density at radius 2 is 2.20 bits per heavy atom. The summed E-state index contributed by atoms with van der Waals surface area (Å²) in [4.78, 5) is 0. The first-order chi connectivity index (χ1) is 9.55. The van der Waals surface area contributed by atoms with Crippen LogP contribution in [0.4, 0.5) is 0 Å². The molecule has 2 heterocycles. The van der Waals surface area contributed by atoms with Crippen molar-refractivity contribution < 1.29 is 8.42 Å². The smallest absolute Gasteiger partial charge is 0.151 e. The number of rotatable bonds is 4. The first kappa shape index (κ1) is 14.1. The summed E-state index contributed by atoms with van der Waals surface area (Å²) in [5, 5.41) is 4.55. The zero-order valence-corrected chi connectivity index (χ0v) is 13.5. The van der Waals surface area contributed by atoms with Crippen molar-refractivity contribution in [2.45, 2.75) is 19.0 Å². The van der Waals surface area contributed by atoms with Gasteiger partial charge in [-0.25, -0.2) is 8.42 Å². The van der Waals surface area contributed by atoms with Gasteiger partial charge in [0.2, 0.25) is 0 Å². The lowest BCUT2D eigenvalue weighted by Gasteiger charge is -2.11. The van der Waals surface area contributed by atoms with E-state index in [9.17, 15) is 8.42 Å². The van der Waals surface area contributed by atoms with Gasteiger partial charge in [0, 0.05) is 40.7 Å². The third kappa shape index (κ3) is 2.92. The summed E-state index contributed by atoms with van der Waals surface area (Å²) in [5.41, 5.74) is 1.19. The molecule has 1 fully saturated rings. The summed E-state index contributed by atoms with van der Waals surface area (Å²) in [5.74, 6) is 0.606. The van der Waals surface area contributed by atoms with Gasteiger partial charge in [-0.15, -0.1) is 0 Å². The van der Waals surface area contributed by atoms with Gasteiger partial charge in [-0.05, 0) is 24.6 Å². The molecule has 0 bridgehead atoms. The molecule has 4 nitrogen and oxygen atoms in total. The lowest BCUT2D eigenvalue weighted by Crippen LogP contribution is -2.32. The maximum Gasteiger partial charge on any atom is 0.151 e. The Balaban J connectivity index is 1.62. The molecule has 0 amide bonds. The van der Waals surface area contributed by atoms with Crippen molar-refractivity contribution in [1.29, 1.82) is 0 Å². The van der Waals surface area contributed by atoms with E-state index in [0.717, 1.165) is 24.0 Å². The van der Waals surface area contributed by atoms with Crippen LogP contribution in [0.3, 0.4) is 0 Å². The van der Waals surface area contributed by atoms with Crippen LogP contribution in [0, 0.1) is 0 Å². The number of aromatic nitrogens is 1. The zero-order valence-electron chi connectivity index (χ0n) is 11.0. The predicted molar refractivity (Wildman–Crippen MR) is 84.7 cm³/mol. The second-order valence-electron chi connectivity index (χ2n) is 5.24. The SMILES string of the molecule is O=S1(=O)CCC(NCCn2ccc3c(Br)cccc32)C1. The van der Waals surface area contributed by atoms with E-state index in [0.29, 0.717) is 5.75 Å². The van der Waals surface area contributed by atoms with Crippen LogP contribution in [0.5, 0.6) is 0 Å². The average Bonchev–Trinajstić information content (AvgIpc) is 2.95. The van der Waals surface area contributed by atoms with Gasteiger partial charge >= 0.3 is 0 Å². The molecule has 20 heavy (non-hydrogen) atoms. The first-order valence-electron chi connectivity index (χ1n) is 6.72. The molecule has 1 aliphatic rings. The highest BCUT2D eigenvalue weighted by Crippen LogP contribution is 2.24. The summed E-state index contributed by atoms with van der Waals surface area (Å²) >= 11 is 3.55. The summed E-state index contributed by atoms with van der Waals surface area (Å²) in [7, 11) is -2.80. The van der Waals surface area contributed by atoms with E-state index in [2.05, 4.69) is 44.1 Å². The number of halogens is 1. The van der Waals surface area contributed by atoms with E-state index < -0.39 is 9.84 Å². The van der Waals surface area contributed by atoms with Gasteiger partial charge in [0.1, 0.15) is 0 Å². The molecule has 0 aliphatic carbocycles. The van der Waals surface area contributed by atoms with Crippen molar-refractivity contribution in [2.75, 3.05) is 18.1 Å². The fourth-order valence-electron chi connectivity index (χ4n) is 2.73. The fraction of sp³-hybridized carbons (Fsp3) is 0.429. The minimum Gasteiger partial charge on any atom is -0.346 e. The van der Waals surface area contributed by atoms with Crippen LogP contribution in [0.15, 0.2) is 34.9 Å². The fourth-order valence-corrected chi connectivity index (χ4v) is 4.92. The van der Waals surface area contributed by atoms with Crippen LogP contribution < -0.4 is 5.32 Å². The number of benzene rings is 1. The van der Waals surface area contributed by atoms with Crippen molar-refractivity contribution in [1.82, 2.24) is 9.88 Å². The number of fused-ring (bicyclic) bond motifs is 1. The Labute approximate surface area is 127 Å². The maximum absolute atomic E-state index is 11.4. The van der Waals surface area contributed by atoms with Crippen molar-refractivity contribution in [3.8, 4) is 0 Å². The predicted octanol–water partition coefficient (Wildman–Crippen LogP) is 2.18. The number of nitrogens with one attached hydrogen (secondary N) is 1. The van der Waals surface area contributed by atoms with Crippen LogP contribution >= 0.6 is 15.9 Å². The van der Waals surface area contributed by atoms with Crippen molar-refractivity contribution in [3.05, 3.63) is 34.9 Å². The normalized spacial score (nSPS) is 21.6. The molecule has 1 unspecified atom stereocenters. The first-order valence-corrected chi connectivity index (χ1v) is 9.34. The lowest BCUT2D eigenvalue weighted by molar-refractivity contribution is 0.525. The summed E-state index contributed by atoms with van der Waals surface area (Å²) in [6.45, 7) is 1.63. The minimum absolute atomic E-state index is 0.119.